The van der Waals surface area contributed by atoms with Gasteiger partial charge in [-0.2, -0.15) is 0 Å². The van der Waals surface area contributed by atoms with Crippen LogP contribution in [0.4, 0.5) is 0 Å². The molecule has 0 saturated heterocycles. The van der Waals surface area contributed by atoms with E-state index in [1.165, 1.54) is 0 Å². The van der Waals surface area contributed by atoms with Gasteiger partial charge in [-0.1, -0.05) is 30.3 Å². The normalized spacial score (nSPS) is 10.6. The van der Waals surface area contributed by atoms with Crippen LogP contribution in [0.15, 0.2) is 71.9 Å². The zero-order valence-electron chi connectivity index (χ0n) is 15.6. The van der Waals surface area contributed by atoms with Crippen LogP contribution in [0.25, 0.3) is 21.8 Å². The van der Waals surface area contributed by atoms with E-state index in [1.54, 1.807) is 12.4 Å². The number of benzene rings is 2. The maximum absolute atomic E-state index is 10.7. The summed E-state index contributed by atoms with van der Waals surface area (Å²) in [5.41, 5.74) is 0.593. The number of aromatic nitrogens is 2. The Morgan fingerprint density at radius 3 is 1.81 bits per heavy atom. The monoisotopic (exact) mass is 632 g/mol. The van der Waals surface area contributed by atoms with Crippen LogP contribution < -0.4 is 5.11 Å². The minimum absolute atomic E-state index is 0. The van der Waals surface area contributed by atoms with Crippen LogP contribution in [0.2, 0.25) is 0 Å². The van der Waals surface area contributed by atoms with Gasteiger partial charge >= 0.3 is 33.3 Å². The fourth-order valence-corrected chi connectivity index (χ4v) is 3.41. The van der Waals surface area contributed by atoms with Gasteiger partial charge in [0.2, 0.25) is 0 Å². The zero-order valence-corrected chi connectivity index (χ0v) is 20.3. The Kier molecular flexibility index (Phi) is 7.76. The Hall–Kier alpha value is -2.97. The molecule has 0 aliphatic carbocycles. The molecular weight excluding hydrogens is 619 g/mol. The van der Waals surface area contributed by atoms with E-state index in [1.807, 2.05) is 12.1 Å². The molecular formula is C20H12N2O7PbS. The number of hydrogen-bond acceptors (Lipinski definition) is 8. The summed E-state index contributed by atoms with van der Waals surface area (Å²) in [6.45, 7) is 0. The Morgan fingerprint density at radius 2 is 1.39 bits per heavy atom. The van der Waals surface area contributed by atoms with E-state index in [-0.39, 0.29) is 27.3 Å². The largest absolute Gasteiger partial charge is 2.00 e. The number of nitrogens with zero attached hydrogens (tertiary/aromatic N) is 2. The summed E-state index contributed by atoms with van der Waals surface area (Å²) in [5.74, 6) is -3.35. The van der Waals surface area contributed by atoms with Crippen molar-refractivity contribution in [1.82, 2.24) is 9.97 Å². The standard InChI is InChI=1S/C12H8N2.C8H6O7S.Pb/c1-3-9-5-6-10-4-2-8-14-12(10)11(9)13-7-1;9-7(10)4-1-2-5(8(11)12)6(3-4)16(13,14)15;/h1-8H;1-3H,(H,9,10)(H,11,12)(H,13,14,15);/q;;+2/p-2. The molecule has 2 aromatic heterocycles. The van der Waals surface area contributed by atoms with Gasteiger partial charge in [0.15, 0.2) is 0 Å². The van der Waals surface area contributed by atoms with Crippen LogP contribution >= 0.6 is 0 Å². The first-order valence-electron chi connectivity index (χ1n) is 8.31. The van der Waals surface area contributed by atoms with Crippen LogP contribution in [0, 0.1) is 0 Å². The maximum atomic E-state index is 10.7. The fraction of sp³-hybridized carbons (Fsp3) is 0. The van der Waals surface area contributed by atoms with Gasteiger partial charge in [-0.25, -0.2) is 13.2 Å². The maximum Gasteiger partial charge on any atom is 2.00 e. The molecule has 0 aliphatic heterocycles. The molecule has 2 radical (unpaired) electrons. The molecule has 9 nitrogen and oxygen atoms in total. The summed E-state index contributed by atoms with van der Waals surface area (Å²) in [5, 5.41) is 21.3. The van der Waals surface area contributed by atoms with E-state index in [2.05, 4.69) is 34.2 Å². The predicted molar refractivity (Wildman–Crippen MR) is 108 cm³/mol. The van der Waals surface area contributed by atoms with Crippen molar-refractivity contribution in [3.8, 4) is 0 Å². The number of aromatic carboxylic acids is 2. The molecule has 0 atom stereocenters. The van der Waals surface area contributed by atoms with Gasteiger partial charge in [0.25, 0.3) is 0 Å². The van der Waals surface area contributed by atoms with Crippen molar-refractivity contribution < 1.29 is 32.8 Å². The number of carboxylic acid groups (broad SMARTS) is 2. The van der Waals surface area contributed by atoms with Gasteiger partial charge in [0.05, 0.1) is 27.5 Å². The first-order valence-corrected chi connectivity index (χ1v) is 9.72. The summed E-state index contributed by atoms with van der Waals surface area (Å²) < 4.78 is 32.1. The smallest absolute Gasteiger partial charge is 0.744 e. The molecule has 154 valence electrons. The van der Waals surface area contributed by atoms with Crippen molar-refractivity contribution >= 4 is 71.2 Å². The van der Waals surface area contributed by atoms with Crippen LogP contribution in [0.5, 0.6) is 0 Å². The summed E-state index contributed by atoms with van der Waals surface area (Å²) in [6, 6.07) is 14.2. The van der Waals surface area contributed by atoms with Crippen molar-refractivity contribution in [3.05, 3.63) is 78.1 Å². The van der Waals surface area contributed by atoms with Crippen molar-refractivity contribution in [2.75, 3.05) is 0 Å². The molecule has 2 aromatic carbocycles. The van der Waals surface area contributed by atoms with Gasteiger partial charge in [-0.15, -0.1) is 0 Å². The molecule has 31 heavy (non-hydrogen) atoms. The van der Waals surface area contributed by atoms with Crippen molar-refractivity contribution in [2.45, 2.75) is 4.90 Å². The number of hydrogen-bond donors (Lipinski definition) is 1. The molecule has 0 amide bonds. The Bertz CT molecular complexity index is 1340. The summed E-state index contributed by atoms with van der Waals surface area (Å²) in [4.78, 5) is 28.6. The number of pyridine rings is 2. The third kappa shape index (κ3) is 5.59. The first kappa shape index (κ1) is 24.3. The summed E-state index contributed by atoms with van der Waals surface area (Å²) >= 11 is 0. The van der Waals surface area contributed by atoms with Crippen LogP contribution in [-0.2, 0) is 10.1 Å². The fourth-order valence-electron chi connectivity index (χ4n) is 2.71. The second-order valence-electron chi connectivity index (χ2n) is 5.97. The number of carbonyl (C=O) groups excluding carboxylic acids is 1. The van der Waals surface area contributed by atoms with Gasteiger partial charge in [0.1, 0.15) is 10.1 Å². The molecule has 0 unspecified atom stereocenters. The van der Waals surface area contributed by atoms with E-state index in [0.717, 1.165) is 33.9 Å². The molecule has 0 bridgehead atoms. The van der Waals surface area contributed by atoms with E-state index < -0.39 is 38.1 Å². The second kappa shape index (κ2) is 9.89. The number of fused-ring (bicyclic) bond motifs is 3. The molecule has 0 aliphatic rings. The molecule has 0 fully saturated rings. The summed E-state index contributed by atoms with van der Waals surface area (Å²) in [7, 11) is -5.06. The molecule has 11 heteroatoms. The van der Waals surface area contributed by atoms with E-state index in [4.69, 9.17) is 5.11 Å². The van der Waals surface area contributed by atoms with Gasteiger partial charge < -0.3 is 19.6 Å². The van der Waals surface area contributed by atoms with Gasteiger partial charge in [-0.3, -0.25) is 9.97 Å². The molecule has 2 heterocycles. The van der Waals surface area contributed by atoms with E-state index >= 15 is 0 Å². The molecule has 4 rings (SSSR count). The van der Waals surface area contributed by atoms with Gasteiger partial charge in [0, 0.05) is 23.2 Å². The predicted octanol–water partition coefficient (Wildman–Crippen LogP) is 1.05. The quantitative estimate of drug-likeness (QED) is 0.198. The Morgan fingerprint density at radius 1 is 0.871 bits per heavy atom. The SMILES string of the molecule is O=C([O-])c1ccc(C(=O)O)c(S(=O)(=O)[O-])c1.[Pb+2].c1cnc2c(c1)ccc1cccnc12. The molecule has 1 N–H and O–H groups in total. The van der Waals surface area contributed by atoms with Crippen LogP contribution in [-0.4, -0.2) is 67.3 Å². The third-order valence-electron chi connectivity index (χ3n) is 4.06. The van der Waals surface area contributed by atoms with Crippen molar-refractivity contribution in [2.24, 2.45) is 0 Å². The van der Waals surface area contributed by atoms with E-state index in [9.17, 15) is 27.7 Å². The minimum Gasteiger partial charge on any atom is -0.744 e. The number of carboxylic acids is 2. The average Bonchev–Trinajstić information content (AvgIpc) is 2.73. The first-order chi connectivity index (χ1) is 14.2. The Balaban J connectivity index is 0.000000214. The molecule has 0 spiro atoms. The second-order valence-corrected chi connectivity index (χ2v) is 7.32. The van der Waals surface area contributed by atoms with Crippen molar-refractivity contribution in [1.29, 1.82) is 0 Å². The number of carbonyl (C=O) groups is 2. The zero-order chi connectivity index (χ0) is 21.9. The van der Waals surface area contributed by atoms with Gasteiger partial charge in [-0.05, 0) is 29.8 Å². The van der Waals surface area contributed by atoms with E-state index in [0.29, 0.717) is 6.07 Å². The Labute approximate surface area is 196 Å². The van der Waals surface area contributed by atoms with Crippen LogP contribution in [0.3, 0.4) is 0 Å². The number of rotatable bonds is 3. The molecule has 0 saturated carbocycles. The third-order valence-corrected chi connectivity index (χ3v) is 4.94. The van der Waals surface area contributed by atoms with Crippen LogP contribution in [0.1, 0.15) is 20.7 Å². The van der Waals surface area contributed by atoms with Crippen molar-refractivity contribution in [3.63, 3.8) is 0 Å². The topological polar surface area (TPSA) is 160 Å². The summed E-state index contributed by atoms with van der Waals surface area (Å²) in [6.07, 6.45) is 3.60. The minimum atomic E-state index is -5.06. The molecule has 4 aromatic rings. The average molecular weight is 632 g/mol.